The van der Waals surface area contributed by atoms with Gasteiger partial charge in [-0.1, -0.05) is 12.1 Å². The molecular formula is C15H13FN4. The van der Waals surface area contributed by atoms with Crippen molar-refractivity contribution in [3.8, 4) is 17.1 Å². The Bertz CT molecular complexity index is 764. The van der Waals surface area contributed by atoms with E-state index >= 15 is 0 Å². The first kappa shape index (κ1) is 12.3. The van der Waals surface area contributed by atoms with E-state index in [1.54, 1.807) is 29.2 Å². The van der Waals surface area contributed by atoms with Crippen LogP contribution < -0.4 is 5.73 Å². The number of pyridine rings is 1. The molecule has 0 bridgehead atoms. The van der Waals surface area contributed by atoms with Gasteiger partial charge in [0.15, 0.2) is 5.82 Å². The topological polar surface area (TPSA) is 56.7 Å². The Morgan fingerprint density at radius 2 is 2.05 bits per heavy atom. The summed E-state index contributed by atoms with van der Waals surface area (Å²) in [5.74, 6) is 0.365. The van der Waals surface area contributed by atoms with Crippen LogP contribution in [0.15, 0.2) is 48.8 Å². The number of nitrogens with two attached hydrogens (primary N) is 1. The van der Waals surface area contributed by atoms with Crippen molar-refractivity contribution in [1.29, 1.82) is 0 Å². The van der Waals surface area contributed by atoms with Crippen LogP contribution in [0.1, 0.15) is 5.56 Å². The second-order valence-electron chi connectivity index (χ2n) is 4.58. The van der Waals surface area contributed by atoms with Gasteiger partial charge >= 0.3 is 0 Å². The van der Waals surface area contributed by atoms with Crippen molar-refractivity contribution in [1.82, 2.24) is 14.8 Å². The number of aromatic nitrogens is 3. The van der Waals surface area contributed by atoms with Gasteiger partial charge < -0.3 is 5.73 Å². The lowest BCUT2D eigenvalue weighted by atomic mass is 10.1. The number of nitrogen functional groups attached to an aromatic ring is 1. The molecule has 0 fully saturated rings. The van der Waals surface area contributed by atoms with Crippen molar-refractivity contribution in [2.24, 2.45) is 0 Å². The van der Waals surface area contributed by atoms with Crippen LogP contribution in [0.4, 0.5) is 10.1 Å². The number of aryl methyl sites for hydroxylation is 1. The number of anilines is 1. The van der Waals surface area contributed by atoms with Crippen LogP contribution in [0, 0.1) is 12.7 Å². The van der Waals surface area contributed by atoms with Crippen molar-refractivity contribution in [2.45, 2.75) is 6.92 Å². The Morgan fingerprint density at radius 3 is 2.80 bits per heavy atom. The number of nitrogens with zero attached hydrogens (tertiary/aromatic N) is 3. The fraction of sp³-hybridized carbons (Fsp3) is 0.0667. The molecule has 2 heterocycles. The van der Waals surface area contributed by atoms with Crippen molar-refractivity contribution >= 4 is 5.69 Å². The third-order valence-corrected chi connectivity index (χ3v) is 2.98. The molecule has 0 atom stereocenters. The minimum absolute atomic E-state index is 0.315. The highest BCUT2D eigenvalue weighted by Crippen LogP contribution is 2.25. The van der Waals surface area contributed by atoms with Crippen LogP contribution in [0.2, 0.25) is 0 Å². The zero-order valence-corrected chi connectivity index (χ0v) is 10.9. The van der Waals surface area contributed by atoms with Gasteiger partial charge in [-0.25, -0.2) is 14.1 Å². The fourth-order valence-corrected chi connectivity index (χ4v) is 2.01. The molecule has 0 spiro atoms. The third-order valence-electron chi connectivity index (χ3n) is 2.98. The maximum absolute atomic E-state index is 13.3. The van der Waals surface area contributed by atoms with Crippen LogP contribution >= 0.6 is 0 Å². The van der Waals surface area contributed by atoms with E-state index in [2.05, 4.69) is 10.1 Å². The normalized spacial score (nSPS) is 10.7. The van der Waals surface area contributed by atoms with E-state index in [4.69, 9.17) is 5.73 Å². The maximum atomic E-state index is 13.3. The van der Waals surface area contributed by atoms with E-state index in [0.717, 1.165) is 5.56 Å². The molecule has 0 radical (unpaired) electrons. The van der Waals surface area contributed by atoms with Crippen molar-refractivity contribution in [3.05, 3.63) is 60.2 Å². The van der Waals surface area contributed by atoms with Gasteiger partial charge in [-0.2, -0.15) is 5.10 Å². The number of hydrogen-bond acceptors (Lipinski definition) is 3. The maximum Gasteiger partial charge on any atom is 0.153 e. The first-order valence-corrected chi connectivity index (χ1v) is 6.17. The molecule has 0 aliphatic heterocycles. The summed E-state index contributed by atoms with van der Waals surface area (Å²) >= 11 is 0. The highest BCUT2D eigenvalue weighted by molar-refractivity contribution is 5.72. The van der Waals surface area contributed by atoms with E-state index in [1.165, 1.54) is 12.1 Å². The molecule has 100 valence electrons. The SMILES string of the molecule is Cc1ccnc(-n2cc(N)c(-c3cccc(F)c3)n2)c1. The Hall–Kier alpha value is -2.69. The average Bonchev–Trinajstić information content (AvgIpc) is 2.81. The zero-order chi connectivity index (χ0) is 14.1. The minimum atomic E-state index is -0.315. The Morgan fingerprint density at radius 1 is 1.20 bits per heavy atom. The second-order valence-corrected chi connectivity index (χ2v) is 4.58. The summed E-state index contributed by atoms with van der Waals surface area (Å²) in [5, 5.41) is 4.39. The lowest BCUT2D eigenvalue weighted by Crippen LogP contribution is -1.98. The van der Waals surface area contributed by atoms with Crippen LogP contribution in [0.3, 0.4) is 0 Å². The molecule has 3 aromatic rings. The first-order chi connectivity index (χ1) is 9.63. The lowest BCUT2D eigenvalue weighted by Gasteiger charge is -2.01. The van der Waals surface area contributed by atoms with Crippen LogP contribution in [-0.4, -0.2) is 14.8 Å². The molecule has 5 heteroatoms. The summed E-state index contributed by atoms with van der Waals surface area (Å²) in [6.07, 6.45) is 3.40. The van der Waals surface area contributed by atoms with Crippen molar-refractivity contribution in [3.63, 3.8) is 0 Å². The second kappa shape index (κ2) is 4.77. The standard InChI is InChI=1S/C15H13FN4/c1-10-5-6-18-14(7-10)20-9-13(17)15(19-20)11-3-2-4-12(16)8-11/h2-9H,17H2,1H3. The molecule has 1 aromatic carbocycles. The molecule has 0 aliphatic rings. The van der Waals surface area contributed by atoms with Gasteiger partial charge in [-0.3, -0.25) is 0 Å². The summed E-state index contributed by atoms with van der Waals surface area (Å²) in [7, 11) is 0. The van der Waals surface area contributed by atoms with E-state index in [9.17, 15) is 4.39 Å². The van der Waals surface area contributed by atoms with E-state index in [0.29, 0.717) is 22.8 Å². The molecule has 0 aliphatic carbocycles. The van der Waals surface area contributed by atoms with Gasteiger partial charge in [0, 0.05) is 11.8 Å². The smallest absolute Gasteiger partial charge is 0.153 e. The molecule has 0 saturated heterocycles. The number of rotatable bonds is 2. The summed E-state index contributed by atoms with van der Waals surface area (Å²) in [6, 6.07) is 10.0. The van der Waals surface area contributed by atoms with Crippen molar-refractivity contribution in [2.75, 3.05) is 5.73 Å². The average molecular weight is 268 g/mol. The van der Waals surface area contributed by atoms with Gasteiger partial charge in [0.2, 0.25) is 0 Å². The van der Waals surface area contributed by atoms with Crippen LogP contribution in [-0.2, 0) is 0 Å². The zero-order valence-electron chi connectivity index (χ0n) is 10.9. The summed E-state index contributed by atoms with van der Waals surface area (Å²) in [4.78, 5) is 4.25. The van der Waals surface area contributed by atoms with Gasteiger partial charge in [-0.15, -0.1) is 0 Å². The number of benzene rings is 1. The van der Waals surface area contributed by atoms with Crippen LogP contribution in [0.25, 0.3) is 17.1 Å². The van der Waals surface area contributed by atoms with E-state index in [-0.39, 0.29) is 5.82 Å². The molecule has 3 rings (SSSR count). The lowest BCUT2D eigenvalue weighted by molar-refractivity contribution is 0.628. The van der Waals surface area contributed by atoms with E-state index in [1.807, 2.05) is 19.1 Å². The molecule has 2 aromatic heterocycles. The van der Waals surface area contributed by atoms with Crippen LogP contribution in [0.5, 0.6) is 0 Å². The Kier molecular flexibility index (Phi) is 2.95. The van der Waals surface area contributed by atoms with Crippen molar-refractivity contribution < 1.29 is 4.39 Å². The number of halogens is 1. The summed E-state index contributed by atoms with van der Waals surface area (Å²) in [6.45, 7) is 1.98. The van der Waals surface area contributed by atoms with Gasteiger partial charge in [0.25, 0.3) is 0 Å². The van der Waals surface area contributed by atoms with E-state index < -0.39 is 0 Å². The molecule has 20 heavy (non-hydrogen) atoms. The molecule has 4 nitrogen and oxygen atoms in total. The molecule has 0 unspecified atom stereocenters. The molecule has 0 saturated carbocycles. The van der Waals surface area contributed by atoms with Gasteiger partial charge in [0.05, 0.1) is 11.9 Å². The minimum Gasteiger partial charge on any atom is -0.396 e. The number of hydrogen-bond donors (Lipinski definition) is 1. The van der Waals surface area contributed by atoms with Gasteiger partial charge in [0.1, 0.15) is 11.5 Å². The third kappa shape index (κ3) is 2.25. The Labute approximate surface area is 115 Å². The van der Waals surface area contributed by atoms with Gasteiger partial charge in [-0.05, 0) is 36.8 Å². The Balaban J connectivity index is 2.08. The predicted molar refractivity (Wildman–Crippen MR) is 75.9 cm³/mol. The molecular weight excluding hydrogens is 255 g/mol. The predicted octanol–water partition coefficient (Wildman–Crippen LogP) is 2.96. The fourth-order valence-electron chi connectivity index (χ4n) is 2.01. The highest BCUT2D eigenvalue weighted by atomic mass is 19.1. The first-order valence-electron chi connectivity index (χ1n) is 6.17. The highest BCUT2D eigenvalue weighted by Gasteiger charge is 2.11. The summed E-state index contributed by atoms with van der Waals surface area (Å²) < 4.78 is 14.9. The largest absolute Gasteiger partial charge is 0.396 e. The summed E-state index contributed by atoms with van der Waals surface area (Å²) in [5.41, 5.74) is 8.73. The monoisotopic (exact) mass is 268 g/mol. The molecule has 2 N–H and O–H groups in total. The molecule has 0 amide bonds. The quantitative estimate of drug-likeness (QED) is 0.777.